The highest BCUT2D eigenvalue weighted by atomic mass is 35.5. The average molecular weight is 399 g/mol. The van der Waals surface area contributed by atoms with E-state index in [0.29, 0.717) is 28.1 Å². The maximum Gasteiger partial charge on any atom is 0.242 e. The lowest BCUT2D eigenvalue weighted by molar-refractivity contribution is -0.115. The van der Waals surface area contributed by atoms with Gasteiger partial charge in [0.05, 0.1) is 17.3 Å². The molecule has 3 rings (SSSR count). The number of nitrogens with zero attached hydrogens (tertiary/aromatic N) is 1. The summed E-state index contributed by atoms with van der Waals surface area (Å²) in [7, 11) is 0. The third-order valence-corrected chi connectivity index (χ3v) is 5.43. The van der Waals surface area contributed by atoms with Crippen LogP contribution >= 0.6 is 23.4 Å². The molecule has 1 N–H and O–H groups in total. The number of thioether (sulfide) groups is 1. The first-order valence-corrected chi connectivity index (χ1v) is 9.79. The van der Waals surface area contributed by atoms with Crippen molar-refractivity contribution in [2.45, 2.75) is 17.2 Å². The van der Waals surface area contributed by atoms with Crippen LogP contribution in [0.2, 0.25) is 5.02 Å². The van der Waals surface area contributed by atoms with Gasteiger partial charge >= 0.3 is 0 Å². The summed E-state index contributed by atoms with van der Waals surface area (Å²) in [6, 6.07) is 20.5. The number of carbonyl (C=O) groups is 1. The summed E-state index contributed by atoms with van der Waals surface area (Å²) in [4.78, 5) is 17.4. The van der Waals surface area contributed by atoms with Gasteiger partial charge in [-0.15, -0.1) is 0 Å². The lowest BCUT2D eigenvalue weighted by Crippen LogP contribution is -2.19. The minimum Gasteiger partial charge on any atom is -0.492 e. The van der Waals surface area contributed by atoms with Crippen molar-refractivity contribution in [2.24, 2.45) is 0 Å². The zero-order chi connectivity index (χ0) is 19.1. The second kappa shape index (κ2) is 9.44. The van der Waals surface area contributed by atoms with Crippen LogP contribution in [0.25, 0.3) is 0 Å². The fourth-order valence-corrected chi connectivity index (χ4v) is 3.76. The van der Waals surface area contributed by atoms with Crippen molar-refractivity contribution in [3.63, 3.8) is 0 Å². The van der Waals surface area contributed by atoms with E-state index in [1.165, 1.54) is 11.8 Å². The minimum absolute atomic E-state index is 0.167. The SMILES string of the molecule is CCOc1ccccc1NC(=O)C(Sc1ncccc1Cl)c1ccccc1. The number of anilines is 1. The zero-order valence-electron chi connectivity index (χ0n) is 14.8. The molecule has 1 unspecified atom stereocenters. The van der Waals surface area contributed by atoms with Crippen LogP contribution < -0.4 is 10.1 Å². The van der Waals surface area contributed by atoms with Gasteiger partial charge in [0, 0.05) is 6.20 Å². The van der Waals surface area contributed by atoms with Crippen molar-refractivity contribution in [1.82, 2.24) is 4.98 Å². The van der Waals surface area contributed by atoms with Crippen molar-refractivity contribution in [2.75, 3.05) is 11.9 Å². The van der Waals surface area contributed by atoms with Gasteiger partial charge in [0.1, 0.15) is 16.0 Å². The number of hydrogen-bond donors (Lipinski definition) is 1. The van der Waals surface area contributed by atoms with E-state index in [-0.39, 0.29) is 5.91 Å². The number of halogens is 1. The molecule has 1 heterocycles. The molecule has 0 aliphatic carbocycles. The van der Waals surface area contributed by atoms with Crippen LogP contribution in [0.4, 0.5) is 5.69 Å². The highest BCUT2D eigenvalue weighted by Crippen LogP contribution is 2.38. The van der Waals surface area contributed by atoms with Crippen LogP contribution in [-0.2, 0) is 4.79 Å². The van der Waals surface area contributed by atoms with Gasteiger partial charge in [-0.2, -0.15) is 0 Å². The number of amides is 1. The predicted molar refractivity (Wildman–Crippen MR) is 111 cm³/mol. The van der Waals surface area contributed by atoms with Crippen LogP contribution in [0.5, 0.6) is 5.75 Å². The van der Waals surface area contributed by atoms with Crippen molar-refractivity contribution in [1.29, 1.82) is 0 Å². The van der Waals surface area contributed by atoms with E-state index >= 15 is 0 Å². The first kappa shape index (κ1) is 19.3. The highest BCUT2D eigenvalue weighted by Gasteiger charge is 2.24. The smallest absolute Gasteiger partial charge is 0.242 e. The summed E-state index contributed by atoms with van der Waals surface area (Å²) in [5.41, 5.74) is 1.51. The van der Waals surface area contributed by atoms with Crippen LogP contribution in [-0.4, -0.2) is 17.5 Å². The molecule has 0 bridgehead atoms. The third kappa shape index (κ3) is 5.02. The average Bonchev–Trinajstić information content (AvgIpc) is 2.69. The Balaban J connectivity index is 1.89. The number of nitrogens with one attached hydrogen (secondary N) is 1. The standard InChI is InChI=1S/C21H19ClN2O2S/c1-2-26-18-13-7-6-12-17(18)24-20(25)19(15-9-4-3-5-10-15)27-21-16(22)11-8-14-23-21/h3-14,19H,2H2,1H3,(H,24,25). The van der Waals surface area contributed by atoms with Crippen LogP contribution in [0.1, 0.15) is 17.7 Å². The fourth-order valence-electron chi connectivity index (χ4n) is 2.52. The molecule has 6 heteroatoms. The summed E-state index contributed by atoms with van der Waals surface area (Å²) >= 11 is 7.57. The molecule has 0 aliphatic rings. The molecule has 1 amide bonds. The number of rotatable bonds is 7. The lowest BCUT2D eigenvalue weighted by Gasteiger charge is -2.18. The molecule has 138 valence electrons. The van der Waals surface area contributed by atoms with E-state index in [0.717, 1.165) is 5.56 Å². The van der Waals surface area contributed by atoms with Crippen molar-refractivity contribution < 1.29 is 9.53 Å². The van der Waals surface area contributed by atoms with Crippen LogP contribution in [0.3, 0.4) is 0 Å². The van der Waals surface area contributed by atoms with Crippen LogP contribution in [0, 0.1) is 0 Å². The Morgan fingerprint density at radius 2 is 1.85 bits per heavy atom. The van der Waals surface area contributed by atoms with E-state index in [9.17, 15) is 4.79 Å². The first-order chi connectivity index (χ1) is 13.2. The van der Waals surface area contributed by atoms with Gasteiger partial charge in [0.25, 0.3) is 0 Å². The Bertz CT molecular complexity index is 905. The van der Waals surface area contributed by atoms with Gasteiger partial charge in [-0.1, -0.05) is 65.8 Å². The second-order valence-electron chi connectivity index (χ2n) is 5.62. The number of benzene rings is 2. The van der Waals surface area contributed by atoms with Crippen LogP contribution in [0.15, 0.2) is 78.0 Å². The monoisotopic (exact) mass is 398 g/mol. The number of carbonyl (C=O) groups excluding carboxylic acids is 1. The number of hydrogen-bond acceptors (Lipinski definition) is 4. The lowest BCUT2D eigenvalue weighted by atomic mass is 10.1. The second-order valence-corrected chi connectivity index (χ2v) is 7.12. The van der Waals surface area contributed by atoms with E-state index < -0.39 is 5.25 Å². The summed E-state index contributed by atoms with van der Waals surface area (Å²) < 4.78 is 5.61. The van der Waals surface area contributed by atoms with E-state index in [4.69, 9.17) is 16.3 Å². The summed E-state index contributed by atoms with van der Waals surface area (Å²) in [6.07, 6.45) is 1.67. The first-order valence-electron chi connectivity index (χ1n) is 8.54. The predicted octanol–water partition coefficient (Wildman–Crippen LogP) is 5.61. The molecule has 0 radical (unpaired) electrons. The van der Waals surface area contributed by atoms with Gasteiger partial charge in [-0.3, -0.25) is 4.79 Å². The Kier molecular flexibility index (Phi) is 6.74. The molecule has 0 spiro atoms. The summed E-state index contributed by atoms with van der Waals surface area (Å²) in [5, 5.41) is 3.60. The summed E-state index contributed by atoms with van der Waals surface area (Å²) in [6.45, 7) is 2.43. The summed E-state index contributed by atoms with van der Waals surface area (Å²) in [5.74, 6) is 0.473. The fraction of sp³-hybridized carbons (Fsp3) is 0.143. The quantitative estimate of drug-likeness (QED) is 0.526. The molecule has 0 fully saturated rings. The van der Waals surface area contributed by atoms with Gasteiger partial charge in [0.15, 0.2) is 0 Å². The van der Waals surface area contributed by atoms with Gasteiger partial charge in [-0.05, 0) is 36.8 Å². The molecule has 0 aliphatic heterocycles. The molecule has 3 aromatic rings. The normalized spacial score (nSPS) is 11.6. The Morgan fingerprint density at radius 3 is 2.59 bits per heavy atom. The topological polar surface area (TPSA) is 51.2 Å². The largest absolute Gasteiger partial charge is 0.492 e. The van der Waals surface area contributed by atoms with Gasteiger partial charge < -0.3 is 10.1 Å². The molecule has 1 aromatic heterocycles. The highest BCUT2D eigenvalue weighted by molar-refractivity contribution is 8.00. The molecule has 4 nitrogen and oxygen atoms in total. The van der Waals surface area contributed by atoms with Crippen molar-refractivity contribution >= 4 is 35.0 Å². The van der Waals surface area contributed by atoms with Crippen molar-refractivity contribution in [3.05, 3.63) is 83.5 Å². The number of aromatic nitrogens is 1. The number of ether oxygens (including phenoxy) is 1. The Morgan fingerprint density at radius 1 is 1.11 bits per heavy atom. The van der Waals surface area contributed by atoms with E-state index in [2.05, 4.69) is 10.3 Å². The number of para-hydroxylation sites is 2. The molecule has 0 saturated carbocycles. The Labute approximate surface area is 167 Å². The van der Waals surface area contributed by atoms with Gasteiger partial charge in [-0.25, -0.2) is 4.98 Å². The molecule has 1 atom stereocenters. The minimum atomic E-state index is -0.506. The number of pyridine rings is 1. The van der Waals surface area contributed by atoms with Gasteiger partial charge in [0.2, 0.25) is 5.91 Å². The zero-order valence-corrected chi connectivity index (χ0v) is 16.3. The molecule has 27 heavy (non-hydrogen) atoms. The van der Waals surface area contributed by atoms with E-state index in [1.807, 2.05) is 61.5 Å². The maximum atomic E-state index is 13.1. The molecular formula is C21H19ClN2O2S. The molecular weight excluding hydrogens is 380 g/mol. The molecule has 2 aromatic carbocycles. The van der Waals surface area contributed by atoms with Crippen molar-refractivity contribution in [3.8, 4) is 5.75 Å². The van der Waals surface area contributed by atoms with E-state index in [1.54, 1.807) is 18.3 Å². The Hall–Kier alpha value is -2.50. The third-order valence-electron chi connectivity index (χ3n) is 3.74. The molecule has 0 saturated heterocycles. The maximum absolute atomic E-state index is 13.1.